The Bertz CT molecular complexity index is 289. The lowest BCUT2D eigenvalue weighted by molar-refractivity contribution is 0.196. The summed E-state index contributed by atoms with van der Waals surface area (Å²) in [5, 5.41) is 7.51. The molecule has 4 nitrogen and oxygen atoms in total. The summed E-state index contributed by atoms with van der Waals surface area (Å²) in [6.07, 6.45) is 3.19. The second kappa shape index (κ2) is 4.00. The highest BCUT2D eigenvalue weighted by Gasteiger charge is 2.18. The fourth-order valence-corrected chi connectivity index (χ4v) is 1.68. The first-order chi connectivity index (χ1) is 6.77. The molecule has 1 atom stereocenters. The molecular formula is C10H17N3O. The van der Waals surface area contributed by atoms with Crippen molar-refractivity contribution in [3.63, 3.8) is 0 Å². The molecule has 1 saturated heterocycles. The Morgan fingerprint density at radius 2 is 2.50 bits per heavy atom. The molecule has 0 spiro atoms. The standard InChI is InChI=1S/C10H17N3O/c1-8(2)13-10(4-6-12-13)14-9-3-5-11-7-9/h4,6,8-9,11H,3,5,7H2,1-2H3. The largest absolute Gasteiger partial charge is 0.473 e. The maximum absolute atomic E-state index is 5.85. The zero-order chi connectivity index (χ0) is 9.97. The van der Waals surface area contributed by atoms with E-state index in [0.29, 0.717) is 12.1 Å². The average Bonchev–Trinajstić information content (AvgIpc) is 2.75. The number of rotatable bonds is 3. The van der Waals surface area contributed by atoms with Crippen LogP contribution in [0.3, 0.4) is 0 Å². The third-order valence-electron chi connectivity index (χ3n) is 2.43. The summed E-state index contributed by atoms with van der Waals surface area (Å²) in [7, 11) is 0. The molecule has 1 aliphatic heterocycles. The Kier molecular flexibility index (Phi) is 2.72. The molecule has 0 aromatic carbocycles. The van der Waals surface area contributed by atoms with Crippen LogP contribution in [0.15, 0.2) is 12.3 Å². The third-order valence-corrected chi connectivity index (χ3v) is 2.43. The molecular weight excluding hydrogens is 178 g/mol. The van der Waals surface area contributed by atoms with Gasteiger partial charge in [0.15, 0.2) is 0 Å². The van der Waals surface area contributed by atoms with Crippen LogP contribution in [0.1, 0.15) is 26.3 Å². The summed E-state index contributed by atoms with van der Waals surface area (Å²) in [6, 6.07) is 2.28. The van der Waals surface area contributed by atoms with Gasteiger partial charge < -0.3 is 10.1 Å². The van der Waals surface area contributed by atoms with Gasteiger partial charge in [-0.1, -0.05) is 0 Å². The zero-order valence-electron chi connectivity index (χ0n) is 8.73. The number of aromatic nitrogens is 2. The van der Waals surface area contributed by atoms with Gasteiger partial charge >= 0.3 is 0 Å². The highest BCUT2D eigenvalue weighted by molar-refractivity contribution is 5.09. The van der Waals surface area contributed by atoms with Crippen molar-refractivity contribution in [3.8, 4) is 5.88 Å². The van der Waals surface area contributed by atoms with Gasteiger partial charge in [-0.3, -0.25) is 0 Å². The Balaban J connectivity index is 2.04. The molecule has 1 aromatic heterocycles. The number of nitrogens with one attached hydrogen (secondary N) is 1. The highest BCUT2D eigenvalue weighted by Crippen LogP contribution is 2.18. The first kappa shape index (κ1) is 9.52. The fraction of sp³-hybridized carbons (Fsp3) is 0.700. The SMILES string of the molecule is CC(C)n1nccc1OC1CCNC1. The van der Waals surface area contributed by atoms with Crippen molar-refractivity contribution in [1.82, 2.24) is 15.1 Å². The van der Waals surface area contributed by atoms with Crippen molar-refractivity contribution in [1.29, 1.82) is 0 Å². The van der Waals surface area contributed by atoms with Crippen molar-refractivity contribution < 1.29 is 4.74 Å². The number of ether oxygens (including phenoxy) is 1. The van der Waals surface area contributed by atoms with Crippen LogP contribution >= 0.6 is 0 Å². The maximum atomic E-state index is 5.85. The predicted octanol–water partition coefficient (Wildman–Crippen LogP) is 1.20. The minimum Gasteiger partial charge on any atom is -0.473 e. The van der Waals surface area contributed by atoms with Gasteiger partial charge in [0.1, 0.15) is 6.10 Å². The average molecular weight is 195 g/mol. The molecule has 0 aliphatic carbocycles. The van der Waals surface area contributed by atoms with Crippen molar-refractivity contribution in [2.75, 3.05) is 13.1 Å². The van der Waals surface area contributed by atoms with E-state index in [1.165, 1.54) is 0 Å². The van der Waals surface area contributed by atoms with E-state index < -0.39 is 0 Å². The summed E-state index contributed by atoms with van der Waals surface area (Å²) in [5.74, 6) is 0.883. The van der Waals surface area contributed by atoms with Gasteiger partial charge in [0, 0.05) is 12.6 Å². The Morgan fingerprint density at radius 1 is 1.64 bits per heavy atom. The van der Waals surface area contributed by atoms with Gasteiger partial charge in [0.05, 0.1) is 12.2 Å². The first-order valence-corrected chi connectivity index (χ1v) is 5.18. The van der Waals surface area contributed by atoms with Crippen LogP contribution in [-0.4, -0.2) is 29.0 Å². The molecule has 14 heavy (non-hydrogen) atoms. The van der Waals surface area contributed by atoms with E-state index in [2.05, 4.69) is 24.3 Å². The summed E-state index contributed by atoms with van der Waals surface area (Å²) < 4.78 is 7.76. The van der Waals surface area contributed by atoms with E-state index in [4.69, 9.17) is 4.74 Å². The molecule has 0 saturated carbocycles. The van der Waals surface area contributed by atoms with Crippen LogP contribution in [0.4, 0.5) is 0 Å². The van der Waals surface area contributed by atoms with Crippen LogP contribution in [0.5, 0.6) is 5.88 Å². The number of nitrogens with zero attached hydrogens (tertiary/aromatic N) is 2. The van der Waals surface area contributed by atoms with E-state index in [1.54, 1.807) is 6.20 Å². The smallest absolute Gasteiger partial charge is 0.212 e. The molecule has 2 rings (SSSR count). The summed E-state index contributed by atoms with van der Waals surface area (Å²) in [5.41, 5.74) is 0. The van der Waals surface area contributed by atoms with E-state index in [0.717, 1.165) is 25.4 Å². The highest BCUT2D eigenvalue weighted by atomic mass is 16.5. The Hall–Kier alpha value is -1.03. The third kappa shape index (κ3) is 1.90. The van der Waals surface area contributed by atoms with E-state index in [1.807, 2.05) is 10.7 Å². The lowest BCUT2D eigenvalue weighted by Crippen LogP contribution is -2.21. The lowest BCUT2D eigenvalue weighted by Gasteiger charge is -2.15. The summed E-state index contributed by atoms with van der Waals surface area (Å²) >= 11 is 0. The number of hydrogen-bond acceptors (Lipinski definition) is 3. The monoisotopic (exact) mass is 195 g/mol. The molecule has 2 heterocycles. The normalized spacial score (nSPS) is 21.8. The molecule has 0 radical (unpaired) electrons. The van der Waals surface area contributed by atoms with Crippen LogP contribution in [-0.2, 0) is 0 Å². The predicted molar refractivity (Wildman–Crippen MR) is 54.5 cm³/mol. The summed E-state index contributed by atoms with van der Waals surface area (Å²) in [4.78, 5) is 0. The number of hydrogen-bond donors (Lipinski definition) is 1. The topological polar surface area (TPSA) is 39.1 Å². The molecule has 0 bridgehead atoms. The summed E-state index contributed by atoms with van der Waals surface area (Å²) in [6.45, 7) is 6.21. The fourth-order valence-electron chi connectivity index (χ4n) is 1.68. The van der Waals surface area contributed by atoms with Crippen LogP contribution in [0.25, 0.3) is 0 Å². The zero-order valence-corrected chi connectivity index (χ0v) is 8.73. The van der Waals surface area contributed by atoms with Gasteiger partial charge in [-0.05, 0) is 26.8 Å². The molecule has 1 unspecified atom stereocenters. The van der Waals surface area contributed by atoms with Crippen molar-refractivity contribution in [2.45, 2.75) is 32.4 Å². The molecule has 4 heteroatoms. The minimum absolute atomic E-state index is 0.309. The van der Waals surface area contributed by atoms with Gasteiger partial charge in [0.25, 0.3) is 0 Å². The molecule has 78 valence electrons. The van der Waals surface area contributed by atoms with Gasteiger partial charge in [-0.15, -0.1) is 0 Å². The molecule has 0 amide bonds. The van der Waals surface area contributed by atoms with Crippen molar-refractivity contribution in [3.05, 3.63) is 12.3 Å². The van der Waals surface area contributed by atoms with Gasteiger partial charge in [-0.25, -0.2) is 4.68 Å². The molecule has 1 aromatic rings. The van der Waals surface area contributed by atoms with Crippen LogP contribution < -0.4 is 10.1 Å². The lowest BCUT2D eigenvalue weighted by atomic mass is 10.3. The van der Waals surface area contributed by atoms with E-state index in [-0.39, 0.29) is 0 Å². The van der Waals surface area contributed by atoms with Crippen molar-refractivity contribution in [2.24, 2.45) is 0 Å². The van der Waals surface area contributed by atoms with Gasteiger partial charge in [0.2, 0.25) is 5.88 Å². The maximum Gasteiger partial charge on any atom is 0.212 e. The Morgan fingerprint density at radius 3 is 3.14 bits per heavy atom. The van der Waals surface area contributed by atoms with Crippen molar-refractivity contribution >= 4 is 0 Å². The van der Waals surface area contributed by atoms with Crippen LogP contribution in [0, 0.1) is 0 Å². The van der Waals surface area contributed by atoms with E-state index >= 15 is 0 Å². The molecule has 1 N–H and O–H groups in total. The quantitative estimate of drug-likeness (QED) is 0.787. The van der Waals surface area contributed by atoms with Crippen LogP contribution in [0.2, 0.25) is 0 Å². The first-order valence-electron chi connectivity index (χ1n) is 5.18. The molecule has 1 aliphatic rings. The molecule has 1 fully saturated rings. The minimum atomic E-state index is 0.309. The second-order valence-corrected chi connectivity index (χ2v) is 3.94. The van der Waals surface area contributed by atoms with Gasteiger partial charge in [-0.2, -0.15) is 5.10 Å². The second-order valence-electron chi connectivity index (χ2n) is 3.94. The van der Waals surface area contributed by atoms with E-state index in [9.17, 15) is 0 Å². The Labute approximate surface area is 84.3 Å².